The summed E-state index contributed by atoms with van der Waals surface area (Å²) in [5.41, 5.74) is 0. The maximum absolute atomic E-state index is 11.7. The predicted octanol–water partition coefficient (Wildman–Crippen LogP) is 1.43. The fraction of sp³-hybridized carbons (Fsp3) is 0.727. The lowest BCUT2D eigenvalue weighted by molar-refractivity contribution is -0.126. The van der Waals surface area contributed by atoms with E-state index in [0.717, 1.165) is 19.5 Å². The summed E-state index contributed by atoms with van der Waals surface area (Å²) in [4.78, 5) is 16.0. The highest BCUT2D eigenvalue weighted by Crippen LogP contribution is 2.28. The number of hydrogen-bond acceptors (Lipinski definition) is 2. The lowest BCUT2D eigenvalue weighted by Crippen LogP contribution is -2.39. The first-order valence-electron chi connectivity index (χ1n) is 5.45. The molecule has 0 saturated carbocycles. The Morgan fingerprint density at radius 3 is 2.67 bits per heavy atom. The molecule has 0 aromatic rings. The van der Waals surface area contributed by atoms with Crippen molar-refractivity contribution in [1.29, 1.82) is 0 Å². The molecule has 2 atom stereocenters. The minimum Gasteiger partial charge on any atom is -0.336 e. The molecule has 1 amide bonds. The van der Waals surface area contributed by atoms with Gasteiger partial charge in [0.05, 0.1) is 5.03 Å². The van der Waals surface area contributed by atoms with Crippen molar-refractivity contribution in [2.24, 2.45) is 0 Å². The summed E-state index contributed by atoms with van der Waals surface area (Å²) in [5.74, 6) is -0.0994. The van der Waals surface area contributed by atoms with Crippen LogP contribution >= 0.6 is 11.6 Å². The molecule has 2 saturated heterocycles. The number of halogens is 1. The summed E-state index contributed by atoms with van der Waals surface area (Å²) in [5, 5.41) is 0.135. The lowest BCUT2D eigenvalue weighted by atomic mass is 10.1. The van der Waals surface area contributed by atoms with Crippen LogP contribution in [0.5, 0.6) is 0 Å². The van der Waals surface area contributed by atoms with Gasteiger partial charge in [0.2, 0.25) is 0 Å². The van der Waals surface area contributed by atoms with Gasteiger partial charge in [0, 0.05) is 25.2 Å². The van der Waals surface area contributed by atoms with Gasteiger partial charge in [-0.1, -0.05) is 18.2 Å². The highest BCUT2D eigenvalue weighted by molar-refractivity contribution is 6.41. The Labute approximate surface area is 95.7 Å². The van der Waals surface area contributed by atoms with E-state index in [0.29, 0.717) is 12.1 Å². The number of carbonyl (C=O) groups is 1. The quantitative estimate of drug-likeness (QED) is 0.634. The fourth-order valence-electron chi connectivity index (χ4n) is 2.66. The highest BCUT2D eigenvalue weighted by atomic mass is 35.5. The van der Waals surface area contributed by atoms with Gasteiger partial charge in [-0.3, -0.25) is 9.69 Å². The molecule has 2 aliphatic rings. The molecule has 84 valence electrons. The highest BCUT2D eigenvalue weighted by Gasteiger charge is 2.36. The van der Waals surface area contributed by atoms with Gasteiger partial charge in [-0.25, -0.2) is 0 Å². The number of fused-ring (bicyclic) bond motifs is 2. The molecule has 4 heteroatoms. The third-order valence-corrected chi connectivity index (χ3v) is 3.83. The molecular formula is C11H17ClN2O. The molecule has 2 rings (SSSR count). The molecular weight excluding hydrogens is 212 g/mol. The number of rotatable bonds is 1. The van der Waals surface area contributed by atoms with Crippen molar-refractivity contribution in [1.82, 2.24) is 9.80 Å². The zero-order valence-electron chi connectivity index (χ0n) is 9.08. The molecule has 15 heavy (non-hydrogen) atoms. The minimum atomic E-state index is -0.0994. The topological polar surface area (TPSA) is 23.6 Å². The van der Waals surface area contributed by atoms with Crippen molar-refractivity contribution in [3.05, 3.63) is 11.6 Å². The average Bonchev–Trinajstić information content (AvgIpc) is 2.40. The van der Waals surface area contributed by atoms with Crippen LogP contribution in [0.3, 0.4) is 0 Å². The summed E-state index contributed by atoms with van der Waals surface area (Å²) in [6.07, 6.45) is 3.52. The standard InChI is InChI=1S/C11H17ClN2O/c1-8(12)11(15)14-6-5-9-3-4-10(7-14)13(9)2/h9-10H,1,3-7H2,2H3. The van der Waals surface area contributed by atoms with Gasteiger partial charge in [0.15, 0.2) is 0 Å². The van der Waals surface area contributed by atoms with Crippen LogP contribution in [0.2, 0.25) is 0 Å². The third kappa shape index (κ3) is 2.04. The predicted molar refractivity (Wildman–Crippen MR) is 60.8 cm³/mol. The van der Waals surface area contributed by atoms with E-state index in [1.54, 1.807) is 0 Å². The number of likely N-dealkylation sites (tertiary alicyclic amines) is 1. The molecule has 0 N–H and O–H groups in total. The molecule has 3 nitrogen and oxygen atoms in total. The Kier molecular flexibility index (Phi) is 3.03. The monoisotopic (exact) mass is 228 g/mol. The van der Waals surface area contributed by atoms with E-state index in [1.807, 2.05) is 4.90 Å². The second-order valence-corrected chi connectivity index (χ2v) is 4.95. The second-order valence-electron chi connectivity index (χ2n) is 4.50. The van der Waals surface area contributed by atoms with Gasteiger partial charge in [-0.2, -0.15) is 0 Å². The molecule has 0 radical (unpaired) electrons. The summed E-state index contributed by atoms with van der Waals surface area (Å²) < 4.78 is 0. The molecule has 2 unspecified atom stereocenters. The van der Waals surface area contributed by atoms with Gasteiger partial charge in [-0.15, -0.1) is 0 Å². The largest absolute Gasteiger partial charge is 0.336 e. The molecule has 2 bridgehead atoms. The van der Waals surface area contributed by atoms with Gasteiger partial charge in [0.25, 0.3) is 5.91 Å². The van der Waals surface area contributed by atoms with Gasteiger partial charge in [-0.05, 0) is 26.3 Å². The van der Waals surface area contributed by atoms with Gasteiger partial charge < -0.3 is 4.90 Å². The normalized spacial score (nSPS) is 31.5. The van der Waals surface area contributed by atoms with Gasteiger partial charge in [0.1, 0.15) is 0 Å². The van der Waals surface area contributed by atoms with Crippen molar-refractivity contribution in [2.75, 3.05) is 20.1 Å². The van der Waals surface area contributed by atoms with E-state index in [9.17, 15) is 4.79 Å². The fourth-order valence-corrected chi connectivity index (χ4v) is 2.78. The number of likely N-dealkylation sites (N-methyl/N-ethyl adjacent to an activating group) is 1. The summed E-state index contributed by atoms with van der Waals surface area (Å²) >= 11 is 5.65. The van der Waals surface area contributed by atoms with Crippen LogP contribution in [0.15, 0.2) is 11.6 Å². The molecule has 0 aliphatic carbocycles. The molecule has 0 aromatic heterocycles. The van der Waals surface area contributed by atoms with E-state index >= 15 is 0 Å². The van der Waals surface area contributed by atoms with Crippen molar-refractivity contribution < 1.29 is 4.79 Å². The minimum absolute atomic E-state index is 0.0994. The van der Waals surface area contributed by atoms with E-state index in [4.69, 9.17) is 11.6 Å². The van der Waals surface area contributed by atoms with Crippen LogP contribution in [0, 0.1) is 0 Å². The van der Waals surface area contributed by atoms with E-state index in [1.165, 1.54) is 12.8 Å². The van der Waals surface area contributed by atoms with Crippen LogP contribution in [-0.2, 0) is 4.79 Å². The van der Waals surface area contributed by atoms with E-state index < -0.39 is 0 Å². The van der Waals surface area contributed by atoms with Crippen molar-refractivity contribution in [3.63, 3.8) is 0 Å². The first-order chi connectivity index (χ1) is 7.09. The van der Waals surface area contributed by atoms with E-state index in [2.05, 4.69) is 18.5 Å². The molecule has 0 aromatic carbocycles. The van der Waals surface area contributed by atoms with Crippen LogP contribution in [-0.4, -0.2) is 47.9 Å². The van der Waals surface area contributed by atoms with Crippen molar-refractivity contribution >= 4 is 17.5 Å². The average molecular weight is 229 g/mol. The SMILES string of the molecule is C=C(Cl)C(=O)N1CCC2CCC(C1)N2C. The molecule has 2 heterocycles. The Bertz CT molecular complexity index is 292. The Morgan fingerprint density at radius 2 is 2.00 bits per heavy atom. The van der Waals surface area contributed by atoms with Crippen LogP contribution in [0.4, 0.5) is 0 Å². The summed E-state index contributed by atoms with van der Waals surface area (Å²) in [6, 6.07) is 1.16. The first kappa shape index (κ1) is 11.0. The number of hydrogen-bond donors (Lipinski definition) is 0. The number of nitrogens with zero attached hydrogens (tertiary/aromatic N) is 2. The summed E-state index contributed by atoms with van der Waals surface area (Å²) in [7, 11) is 2.16. The maximum atomic E-state index is 11.7. The number of carbonyl (C=O) groups excluding carboxylic acids is 1. The molecule has 2 fully saturated rings. The maximum Gasteiger partial charge on any atom is 0.264 e. The van der Waals surface area contributed by atoms with Crippen molar-refractivity contribution in [2.45, 2.75) is 31.3 Å². The van der Waals surface area contributed by atoms with Crippen LogP contribution < -0.4 is 0 Å². The smallest absolute Gasteiger partial charge is 0.264 e. The Balaban J connectivity index is 2.06. The zero-order valence-corrected chi connectivity index (χ0v) is 9.83. The first-order valence-corrected chi connectivity index (χ1v) is 5.83. The summed E-state index contributed by atoms with van der Waals surface area (Å²) in [6.45, 7) is 5.12. The Morgan fingerprint density at radius 1 is 1.33 bits per heavy atom. The van der Waals surface area contributed by atoms with Gasteiger partial charge >= 0.3 is 0 Å². The third-order valence-electron chi connectivity index (χ3n) is 3.67. The van der Waals surface area contributed by atoms with Crippen molar-refractivity contribution in [3.8, 4) is 0 Å². The molecule has 2 aliphatic heterocycles. The zero-order chi connectivity index (χ0) is 11.0. The Hall–Kier alpha value is -0.540. The second kappa shape index (κ2) is 4.14. The van der Waals surface area contributed by atoms with Crippen LogP contribution in [0.25, 0.3) is 0 Å². The lowest BCUT2D eigenvalue weighted by Gasteiger charge is -2.25. The van der Waals surface area contributed by atoms with Crippen LogP contribution in [0.1, 0.15) is 19.3 Å². The number of amides is 1. The van der Waals surface area contributed by atoms with E-state index in [-0.39, 0.29) is 10.9 Å². The molecule has 0 spiro atoms.